The van der Waals surface area contributed by atoms with Crippen molar-refractivity contribution in [2.24, 2.45) is 11.7 Å². The van der Waals surface area contributed by atoms with Crippen LogP contribution in [0.25, 0.3) is 0 Å². The normalized spacial score (nSPS) is 12.2. The molecule has 0 aliphatic carbocycles. The summed E-state index contributed by atoms with van der Waals surface area (Å²) in [6.07, 6.45) is 0. The lowest BCUT2D eigenvalue weighted by Crippen LogP contribution is -2.32. The molecule has 0 heterocycles. The van der Waals surface area contributed by atoms with Crippen LogP contribution in [0, 0.1) is 11.7 Å². The number of nitrogens with one attached hydrogen (secondary N) is 1. The fraction of sp³-hybridized carbons (Fsp3) is 0.364. The van der Waals surface area contributed by atoms with Crippen LogP contribution in [0.1, 0.15) is 12.5 Å². The first kappa shape index (κ1) is 11.7. The van der Waals surface area contributed by atoms with Crippen LogP contribution in [0.3, 0.4) is 0 Å². The molecule has 0 fully saturated rings. The summed E-state index contributed by atoms with van der Waals surface area (Å²) >= 11 is 0. The Hall–Kier alpha value is -1.42. The maximum absolute atomic E-state index is 13.1. The smallest absolute Gasteiger partial charge is 0.224 e. The van der Waals surface area contributed by atoms with E-state index in [0.717, 1.165) is 0 Å². The summed E-state index contributed by atoms with van der Waals surface area (Å²) in [7, 11) is 0. The zero-order valence-corrected chi connectivity index (χ0v) is 8.66. The van der Waals surface area contributed by atoms with Crippen LogP contribution in [-0.4, -0.2) is 12.5 Å². The molecule has 1 amide bonds. The van der Waals surface area contributed by atoms with Crippen molar-refractivity contribution in [1.82, 2.24) is 5.32 Å². The van der Waals surface area contributed by atoms with Crippen molar-refractivity contribution in [1.29, 1.82) is 0 Å². The third-order valence-corrected chi connectivity index (χ3v) is 2.21. The van der Waals surface area contributed by atoms with Crippen LogP contribution in [0.4, 0.5) is 4.39 Å². The first-order valence-electron chi connectivity index (χ1n) is 4.86. The van der Waals surface area contributed by atoms with E-state index in [1.807, 2.05) is 0 Å². The van der Waals surface area contributed by atoms with Crippen LogP contribution >= 0.6 is 0 Å². The van der Waals surface area contributed by atoms with Crippen LogP contribution in [-0.2, 0) is 11.3 Å². The van der Waals surface area contributed by atoms with Gasteiger partial charge in [0.2, 0.25) is 5.91 Å². The van der Waals surface area contributed by atoms with Crippen LogP contribution in [0.5, 0.6) is 0 Å². The highest BCUT2D eigenvalue weighted by molar-refractivity contribution is 5.78. The molecule has 0 aliphatic heterocycles. The number of hydrogen-bond acceptors (Lipinski definition) is 2. The molecule has 15 heavy (non-hydrogen) atoms. The molecule has 1 aromatic rings. The van der Waals surface area contributed by atoms with Gasteiger partial charge < -0.3 is 11.1 Å². The Morgan fingerprint density at radius 3 is 2.80 bits per heavy atom. The standard InChI is InChI=1S/C11H15FN2O/c1-8(6-13)11(15)14-7-9-4-2-3-5-10(9)12/h2-5,8H,6-7,13H2,1H3,(H,14,15). The van der Waals surface area contributed by atoms with Gasteiger partial charge in [-0.1, -0.05) is 25.1 Å². The predicted octanol–water partition coefficient (Wildman–Crippen LogP) is 1.04. The summed E-state index contributed by atoms with van der Waals surface area (Å²) in [5.74, 6) is -0.698. The minimum absolute atomic E-state index is 0.152. The predicted molar refractivity (Wildman–Crippen MR) is 56.5 cm³/mol. The lowest BCUT2D eigenvalue weighted by molar-refractivity contribution is -0.124. The number of benzene rings is 1. The highest BCUT2D eigenvalue weighted by Gasteiger charge is 2.10. The molecule has 0 radical (unpaired) electrons. The quantitative estimate of drug-likeness (QED) is 0.780. The minimum Gasteiger partial charge on any atom is -0.352 e. The first-order chi connectivity index (χ1) is 7.15. The lowest BCUT2D eigenvalue weighted by atomic mass is 10.1. The summed E-state index contributed by atoms with van der Waals surface area (Å²) in [5.41, 5.74) is 5.82. The Bertz CT molecular complexity index is 341. The van der Waals surface area contributed by atoms with Crippen molar-refractivity contribution in [2.75, 3.05) is 6.54 Å². The number of carbonyl (C=O) groups excluding carboxylic acids is 1. The van der Waals surface area contributed by atoms with E-state index in [0.29, 0.717) is 12.1 Å². The van der Waals surface area contributed by atoms with E-state index >= 15 is 0 Å². The Labute approximate surface area is 88.5 Å². The zero-order chi connectivity index (χ0) is 11.3. The molecule has 1 atom stereocenters. The molecule has 1 unspecified atom stereocenters. The Morgan fingerprint density at radius 2 is 2.20 bits per heavy atom. The van der Waals surface area contributed by atoms with E-state index < -0.39 is 0 Å². The zero-order valence-electron chi connectivity index (χ0n) is 8.66. The summed E-state index contributed by atoms with van der Waals surface area (Å²) in [6.45, 7) is 2.23. The number of rotatable bonds is 4. The Balaban J connectivity index is 2.51. The summed E-state index contributed by atoms with van der Waals surface area (Å²) in [5, 5.41) is 2.63. The molecule has 4 heteroatoms. The van der Waals surface area contributed by atoms with Crippen molar-refractivity contribution in [3.63, 3.8) is 0 Å². The fourth-order valence-electron chi connectivity index (χ4n) is 1.11. The third-order valence-electron chi connectivity index (χ3n) is 2.21. The van der Waals surface area contributed by atoms with E-state index in [1.165, 1.54) is 6.07 Å². The number of amides is 1. The van der Waals surface area contributed by atoms with E-state index in [1.54, 1.807) is 25.1 Å². The third kappa shape index (κ3) is 3.32. The second kappa shape index (κ2) is 5.46. The van der Waals surface area contributed by atoms with Crippen LogP contribution in [0.2, 0.25) is 0 Å². The molecule has 0 saturated heterocycles. The van der Waals surface area contributed by atoms with Crippen molar-refractivity contribution >= 4 is 5.91 Å². The number of nitrogens with two attached hydrogens (primary N) is 1. The molecule has 0 spiro atoms. The first-order valence-corrected chi connectivity index (χ1v) is 4.86. The maximum Gasteiger partial charge on any atom is 0.224 e. The lowest BCUT2D eigenvalue weighted by Gasteiger charge is -2.10. The molecule has 1 aromatic carbocycles. The van der Waals surface area contributed by atoms with Gasteiger partial charge in [-0.05, 0) is 6.07 Å². The number of hydrogen-bond donors (Lipinski definition) is 2. The van der Waals surface area contributed by atoms with E-state index in [9.17, 15) is 9.18 Å². The van der Waals surface area contributed by atoms with E-state index in [-0.39, 0.29) is 24.2 Å². The second-order valence-electron chi connectivity index (χ2n) is 3.45. The highest BCUT2D eigenvalue weighted by atomic mass is 19.1. The minimum atomic E-state index is -0.307. The van der Waals surface area contributed by atoms with Crippen molar-refractivity contribution in [3.8, 4) is 0 Å². The Morgan fingerprint density at radius 1 is 1.53 bits per heavy atom. The molecule has 0 aromatic heterocycles. The van der Waals surface area contributed by atoms with Gasteiger partial charge in [0.15, 0.2) is 0 Å². The molecule has 1 rings (SSSR count). The van der Waals surface area contributed by atoms with Gasteiger partial charge in [0.05, 0.1) is 0 Å². The van der Waals surface area contributed by atoms with Crippen LogP contribution < -0.4 is 11.1 Å². The van der Waals surface area contributed by atoms with Gasteiger partial charge in [0.1, 0.15) is 5.82 Å². The largest absolute Gasteiger partial charge is 0.352 e. The van der Waals surface area contributed by atoms with Gasteiger partial charge in [-0.15, -0.1) is 0 Å². The molecule has 82 valence electrons. The van der Waals surface area contributed by atoms with Gasteiger partial charge in [0, 0.05) is 24.6 Å². The number of halogens is 1. The maximum atomic E-state index is 13.1. The Kier molecular flexibility index (Phi) is 4.24. The van der Waals surface area contributed by atoms with Gasteiger partial charge in [-0.25, -0.2) is 4.39 Å². The molecular formula is C11H15FN2O. The fourth-order valence-corrected chi connectivity index (χ4v) is 1.11. The molecule has 3 N–H and O–H groups in total. The van der Waals surface area contributed by atoms with Crippen molar-refractivity contribution < 1.29 is 9.18 Å². The topological polar surface area (TPSA) is 55.1 Å². The van der Waals surface area contributed by atoms with Crippen molar-refractivity contribution in [3.05, 3.63) is 35.6 Å². The average molecular weight is 210 g/mol. The molecule has 0 saturated carbocycles. The average Bonchev–Trinajstić information content (AvgIpc) is 2.26. The van der Waals surface area contributed by atoms with Gasteiger partial charge >= 0.3 is 0 Å². The van der Waals surface area contributed by atoms with Crippen molar-refractivity contribution in [2.45, 2.75) is 13.5 Å². The van der Waals surface area contributed by atoms with E-state index in [4.69, 9.17) is 5.73 Å². The molecule has 0 bridgehead atoms. The second-order valence-corrected chi connectivity index (χ2v) is 3.45. The van der Waals surface area contributed by atoms with Gasteiger partial charge in [0.25, 0.3) is 0 Å². The summed E-state index contributed by atoms with van der Waals surface area (Å²) < 4.78 is 13.1. The SMILES string of the molecule is CC(CN)C(=O)NCc1ccccc1F. The molecule has 3 nitrogen and oxygen atoms in total. The summed E-state index contributed by atoms with van der Waals surface area (Å²) in [6, 6.07) is 6.36. The van der Waals surface area contributed by atoms with Gasteiger partial charge in [-0.2, -0.15) is 0 Å². The number of carbonyl (C=O) groups is 1. The molecular weight excluding hydrogens is 195 g/mol. The summed E-state index contributed by atoms with van der Waals surface area (Å²) in [4.78, 5) is 11.3. The van der Waals surface area contributed by atoms with Crippen LogP contribution in [0.15, 0.2) is 24.3 Å². The van der Waals surface area contributed by atoms with Gasteiger partial charge in [-0.3, -0.25) is 4.79 Å². The van der Waals surface area contributed by atoms with E-state index in [2.05, 4.69) is 5.32 Å². The monoisotopic (exact) mass is 210 g/mol. The highest BCUT2D eigenvalue weighted by Crippen LogP contribution is 2.05. The molecule has 0 aliphatic rings.